The van der Waals surface area contributed by atoms with Gasteiger partial charge in [0.05, 0.1) is 19.1 Å². The second-order valence-corrected chi connectivity index (χ2v) is 8.75. The maximum atomic E-state index is 12.5. The Labute approximate surface area is 185 Å². The molecule has 0 spiro atoms. The van der Waals surface area contributed by atoms with Gasteiger partial charge in [-0.2, -0.15) is 0 Å². The molecule has 2 atom stereocenters. The first kappa shape index (κ1) is 21.3. The Morgan fingerprint density at radius 2 is 1.23 bits per heavy atom. The minimum atomic E-state index is -0.762. The predicted octanol–water partition coefficient (Wildman–Crippen LogP) is 5.83. The lowest BCUT2D eigenvalue weighted by Gasteiger charge is -2.36. The molecule has 0 N–H and O–H groups in total. The van der Waals surface area contributed by atoms with Gasteiger partial charge in [-0.1, -0.05) is 105 Å². The molecule has 160 valence electrons. The normalized spacial score (nSPS) is 19.6. The summed E-state index contributed by atoms with van der Waals surface area (Å²) in [7, 11) is 0. The molecule has 4 rings (SSSR count). The maximum Gasteiger partial charge on any atom is 0.309 e. The van der Waals surface area contributed by atoms with Crippen molar-refractivity contribution < 1.29 is 14.3 Å². The largest absolute Gasteiger partial charge is 0.466 e. The van der Waals surface area contributed by atoms with Crippen LogP contribution in [0.3, 0.4) is 0 Å². The minimum Gasteiger partial charge on any atom is -0.466 e. The molecule has 3 nitrogen and oxygen atoms in total. The lowest BCUT2D eigenvalue weighted by atomic mass is 9.80. The molecular weight excluding hydrogens is 384 g/mol. The molecule has 3 heteroatoms. The van der Waals surface area contributed by atoms with Crippen LogP contribution in [0.25, 0.3) is 0 Å². The third-order valence-corrected chi connectivity index (χ3v) is 6.61. The minimum absolute atomic E-state index is 0.113. The molecule has 0 amide bonds. The van der Waals surface area contributed by atoms with Gasteiger partial charge in [0.25, 0.3) is 0 Å². The molecular formula is C28H30O3. The average Bonchev–Trinajstić information content (AvgIpc) is 3.37. The zero-order valence-corrected chi connectivity index (χ0v) is 18.5. The summed E-state index contributed by atoms with van der Waals surface area (Å²) in [5.41, 5.74) is 2.31. The highest BCUT2D eigenvalue weighted by Gasteiger charge is 2.63. The zero-order valence-electron chi connectivity index (χ0n) is 18.5. The lowest BCUT2D eigenvalue weighted by Crippen LogP contribution is -2.34. The Balaban J connectivity index is 1.76. The Morgan fingerprint density at radius 1 is 0.806 bits per heavy atom. The highest BCUT2D eigenvalue weighted by Crippen LogP contribution is 2.59. The quantitative estimate of drug-likeness (QED) is 0.344. The molecule has 0 bridgehead atoms. The van der Waals surface area contributed by atoms with Crippen molar-refractivity contribution in [3.05, 3.63) is 108 Å². The van der Waals surface area contributed by atoms with E-state index in [1.165, 1.54) is 0 Å². The average molecular weight is 415 g/mol. The Kier molecular flexibility index (Phi) is 5.97. The lowest BCUT2D eigenvalue weighted by molar-refractivity contribution is -0.146. The van der Waals surface area contributed by atoms with Crippen LogP contribution in [-0.2, 0) is 19.9 Å². The number of ether oxygens (including phenoxy) is 2. The van der Waals surface area contributed by atoms with Crippen molar-refractivity contribution in [2.75, 3.05) is 13.2 Å². The van der Waals surface area contributed by atoms with Crippen LogP contribution in [-0.4, -0.2) is 19.2 Å². The molecule has 0 radical (unpaired) electrons. The van der Waals surface area contributed by atoms with Crippen molar-refractivity contribution in [2.45, 2.75) is 26.4 Å². The van der Waals surface area contributed by atoms with Gasteiger partial charge in [0, 0.05) is 5.92 Å². The van der Waals surface area contributed by atoms with Gasteiger partial charge in [-0.25, -0.2) is 0 Å². The van der Waals surface area contributed by atoms with Crippen LogP contribution in [0.4, 0.5) is 0 Å². The van der Waals surface area contributed by atoms with Crippen LogP contribution in [0.15, 0.2) is 91.0 Å². The number of hydrogen-bond acceptors (Lipinski definition) is 3. The number of carbonyl (C=O) groups is 1. The number of carbonyl (C=O) groups excluding carboxylic acids is 1. The molecule has 0 aromatic heterocycles. The SMILES string of the molecule is CCOC(=O)C1C(COC(c2ccccc2)(c2ccccc2)c2ccccc2)C1(C)C. The molecule has 3 aromatic carbocycles. The third-order valence-electron chi connectivity index (χ3n) is 6.61. The van der Waals surface area contributed by atoms with Crippen LogP contribution >= 0.6 is 0 Å². The van der Waals surface area contributed by atoms with E-state index in [1.54, 1.807) is 0 Å². The van der Waals surface area contributed by atoms with Gasteiger partial charge in [-0.05, 0) is 29.0 Å². The summed E-state index contributed by atoms with van der Waals surface area (Å²) in [4.78, 5) is 12.5. The van der Waals surface area contributed by atoms with Gasteiger partial charge >= 0.3 is 5.97 Å². The maximum absolute atomic E-state index is 12.5. The van der Waals surface area contributed by atoms with E-state index < -0.39 is 5.60 Å². The Morgan fingerprint density at radius 3 is 1.61 bits per heavy atom. The third kappa shape index (κ3) is 3.90. The van der Waals surface area contributed by atoms with E-state index in [0.29, 0.717) is 13.2 Å². The smallest absolute Gasteiger partial charge is 0.309 e. The fourth-order valence-electron chi connectivity index (χ4n) is 4.74. The van der Waals surface area contributed by atoms with E-state index in [4.69, 9.17) is 9.47 Å². The highest BCUT2D eigenvalue weighted by molar-refractivity contribution is 5.77. The van der Waals surface area contributed by atoms with Crippen molar-refractivity contribution in [1.82, 2.24) is 0 Å². The fourth-order valence-corrected chi connectivity index (χ4v) is 4.74. The van der Waals surface area contributed by atoms with Crippen LogP contribution in [0, 0.1) is 17.3 Å². The van der Waals surface area contributed by atoms with Crippen molar-refractivity contribution in [3.8, 4) is 0 Å². The second kappa shape index (κ2) is 8.68. The molecule has 1 aliphatic rings. The van der Waals surface area contributed by atoms with Crippen molar-refractivity contribution in [1.29, 1.82) is 0 Å². The predicted molar refractivity (Wildman–Crippen MR) is 123 cm³/mol. The van der Waals surface area contributed by atoms with E-state index in [-0.39, 0.29) is 23.2 Å². The van der Waals surface area contributed by atoms with Gasteiger partial charge in [-0.15, -0.1) is 0 Å². The first-order chi connectivity index (χ1) is 15.0. The van der Waals surface area contributed by atoms with Gasteiger partial charge in [0.2, 0.25) is 0 Å². The Bertz CT molecular complexity index is 900. The molecule has 31 heavy (non-hydrogen) atoms. The summed E-state index contributed by atoms with van der Waals surface area (Å²) < 4.78 is 12.2. The van der Waals surface area contributed by atoms with Gasteiger partial charge in [-0.3, -0.25) is 4.79 Å². The molecule has 0 saturated heterocycles. The van der Waals surface area contributed by atoms with Gasteiger partial charge in [0.15, 0.2) is 0 Å². The van der Waals surface area contributed by atoms with E-state index >= 15 is 0 Å². The number of esters is 1. The summed E-state index contributed by atoms with van der Waals surface area (Å²) in [5.74, 6) is -0.139. The summed E-state index contributed by atoms with van der Waals surface area (Å²) >= 11 is 0. The highest BCUT2D eigenvalue weighted by atomic mass is 16.5. The first-order valence-electron chi connectivity index (χ1n) is 11.0. The van der Waals surface area contributed by atoms with Crippen LogP contribution < -0.4 is 0 Å². The van der Waals surface area contributed by atoms with Crippen molar-refractivity contribution in [2.24, 2.45) is 17.3 Å². The van der Waals surface area contributed by atoms with Crippen LogP contribution in [0.2, 0.25) is 0 Å². The van der Waals surface area contributed by atoms with Gasteiger partial charge < -0.3 is 9.47 Å². The monoisotopic (exact) mass is 414 g/mol. The van der Waals surface area contributed by atoms with E-state index in [0.717, 1.165) is 16.7 Å². The molecule has 0 aliphatic heterocycles. The molecule has 1 saturated carbocycles. The first-order valence-corrected chi connectivity index (χ1v) is 11.0. The van der Waals surface area contributed by atoms with Crippen molar-refractivity contribution >= 4 is 5.97 Å². The number of hydrogen-bond donors (Lipinski definition) is 0. The van der Waals surface area contributed by atoms with Gasteiger partial charge in [0.1, 0.15) is 5.60 Å². The van der Waals surface area contributed by atoms with E-state index in [1.807, 2.05) is 61.5 Å². The number of rotatable bonds is 8. The summed E-state index contributed by atoms with van der Waals surface area (Å²) in [5, 5.41) is 0. The summed E-state index contributed by atoms with van der Waals surface area (Å²) in [6.07, 6.45) is 0. The van der Waals surface area contributed by atoms with E-state index in [2.05, 4.69) is 50.2 Å². The van der Waals surface area contributed by atoms with E-state index in [9.17, 15) is 4.79 Å². The molecule has 1 fully saturated rings. The topological polar surface area (TPSA) is 35.5 Å². The summed E-state index contributed by atoms with van der Waals surface area (Å²) in [6, 6.07) is 31.0. The van der Waals surface area contributed by atoms with Crippen molar-refractivity contribution in [3.63, 3.8) is 0 Å². The van der Waals surface area contributed by atoms with Crippen LogP contribution in [0.5, 0.6) is 0 Å². The standard InChI is InChI=1S/C28H30O3/c1-4-30-26(29)25-24(27(25,2)3)20-31-28(21-14-8-5-9-15-21,22-16-10-6-11-17-22)23-18-12-7-13-19-23/h5-19,24-25H,4,20H2,1-3H3. The molecule has 1 aliphatic carbocycles. The zero-order chi connectivity index (χ0) is 21.9. The second-order valence-electron chi connectivity index (χ2n) is 8.75. The molecule has 0 heterocycles. The Hall–Kier alpha value is -2.91. The number of benzene rings is 3. The molecule has 2 unspecified atom stereocenters. The molecule has 3 aromatic rings. The summed E-state index contributed by atoms with van der Waals surface area (Å²) in [6.45, 7) is 6.97. The van der Waals surface area contributed by atoms with Crippen LogP contribution in [0.1, 0.15) is 37.5 Å². The fraction of sp³-hybridized carbons (Fsp3) is 0.321.